The highest BCUT2D eigenvalue weighted by atomic mass is 19.4. The average Bonchev–Trinajstić information content (AvgIpc) is 2.60. The summed E-state index contributed by atoms with van der Waals surface area (Å²) >= 11 is 0. The molecule has 25 heavy (non-hydrogen) atoms. The van der Waals surface area contributed by atoms with Gasteiger partial charge >= 0.3 is 6.18 Å². The van der Waals surface area contributed by atoms with Crippen molar-refractivity contribution in [2.24, 2.45) is 0 Å². The molecule has 0 radical (unpaired) electrons. The second-order valence-corrected chi connectivity index (χ2v) is 5.22. The predicted octanol–water partition coefficient (Wildman–Crippen LogP) is 4.50. The van der Waals surface area contributed by atoms with E-state index in [1.165, 1.54) is 56.7 Å². The number of methoxy groups -OCH3 is 2. The van der Waals surface area contributed by atoms with E-state index >= 15 is 0 Å². The van der Waals surface area contributed by atoms with E-state index in [9.17, 15) is 18.0 Å². The van der Waals surface area contributed by atoms with Crippen LogP contribution < -0.4 is 14.9 Å². The highest BCUT2D eigenvalue weighted by molar-refractivity contribution is 5.84. The third-order valence-corrected chi connectivity index (χ3v) is 3.74. The van der Waals surface area contributed by atoms with E-state index in [2.05, 4.69) is 0 Å². The number of benzene rings is 2. The van der Waals surface area contributed by atoms with Crippen LogP contribution in [0.2, 0.25) is 0 Å². The average molecular weight is 350 g/mol. The van der Waals surface area contributed by atoms with Crippen molar-refractivity contribution < 1.29 is 27.1 Å². The number of hydrogen-bond donors (Lipinski definition) is 0. The molecule has 0 atom stereocenters. The van der Waals surface area contributed by atoms with E-state index in [0.29, 0.717) is 11.5 Å². The topological polar surface area (TPSA) is 48.7 Å². The summed E-state index contributed by atoms with van der Waals surface area (Å²) in [5.74, 6) is -0.586. The smallest absolute Gasteiger partial charge is 0.450 e. The first-order valence-corrected chi connectivity index (χ1v) is 7.21. The Kier molecular flexibility index (Phi) is 4.16. The van der Waals surface area contributed by atoms with Gasteiger partial charge in [0.15, 0.2) is 0 Å². The van der Waals surface area contributed by atoms with Crippen LogP contribution in [0.3, 0.4) is 0 Å². The zero-order valence-electron chi connectivity index (χ0n) is 13.3. The summed E-state index contributed by atoms with van der Waals surface area (Å²) in [7, 11) is 2.81. The van der Waals surface area contributed by atoms with Crippen LogP contribution in [0.5, 0.6) is 11.5 Å². The second kappa shape index (κ2) is 6.16. The summed E-state index contributed by atoms with van der Waals surface area (Å²) < 4.78 is 55.5. The number of alkyl halides is 3. The summed E-state index contributed by atoms with van der Waals surface area (Å²) in [5, 5.41) is 0.0413. The maximum atomic E-state index is 13.5. The predicted molar refractivity (Wildman–Crippen MR) is 86.0 cm³/mol. The van der Waals surface area contributed by atoms with E-state index in [0.717, 1.165) is 0 Å². The quantitative estimate of drug-likeness (QED) is 0.698. The SMILES string of the molecule is COc1ccc(-c2c(C(F)(F)F)oc3cc(OC)ccc3c2=O)cc1. The molecule has 0 spiro atoms. The van der Waals surface area contributed by atoms with Crippen LogP contribution in [-0.4, -0.2) is 14.2 Å². The van der Waals surface area contributed by atoms with Crippen molar-refractivity contribution >= 4 is 11.0 Å². The minimum atomic E-state index is -4.83. The molecule has 130 valence electrons. The Morgan fingerprint density at radius 3 is 2.08 bits per heavy atom. The minimum absolute atomic E-state index is 0.0413. The van der Waals surface area contributed by atoms with Gasteiger partial charge in [-0.05, 0) is 29.8 Å². The molecule has 4 nitrogen and oxygen atoms in total. The van der Waals surface area contributed by atoms with Crippen molar-refractivity contribution in [3.63, 3.8) is 0 Å². The van der Waals surface area contributed by atoms with Gasteiger partial charge in [0.1, 0.15) is 17.1 Å². The Morgan fingerprint density at radius 2 is 1.52 bits per heavy atom. The maximum absolute atomic E-state index is 13.5. The van der Waals surface area contributed by atoms with E-state index in [1.807, 2.05) is 0 Å². The van der Waals surface area contributed by atoms with Gasteiger partial charge in [0.2, 0.25) is 11.2 Å². The lowest BCUT2D eigenvalue weighted by Gasteiger charge is -2.13. The molecule has 1 aromatic heterocycles. The molecule has 0 saturated heterocycles. The zero-order chi connectivity index (χ0) is 18.2. The van der Waals surface area contributed by atoms with Gasteiger partial charge in [-0.15, -0.1) is 0 Å². The van der Waals surface area contributed by atoms with Crippen molar-refractivity contribution in [3.8, 4) is 22.6 Å². The van der Waals surface area contributed by atoms with Crippen molar-refractivity contribution in [1.29, 1.82) is 0 Å². The molecule has 0 bridgehead atoms. The van der Waals surface area contributed by atoms with Crippen LogP contribution in [0.4, 0.5) is 13.2 Å². The van der Waals surface area contributed by atoms with Crippen LogP contribution in [0.15, 0.2) is 51.7 Å². The summed E-state index contributed by atoms with van der Waals surface area (Å²) in [5.41, 5.74) is -1.39. The van der Waals surface area contributed by atoms with Crippen LogP contribution in [0.1, 0.15) is 5.76 Å². The number of hydrogen-bond acceptors (Lipinski definition) is 4. The van der Waals surface area contributed by atoms with Gasteiger partial charge in [-0.1, -0.05) is 12.1 Å². The minimum Gasteiger partial charge on any atom is -0.497 e. The molecular weight excluding hydrogens is 337 g/mol. The van der Waals surface area contributed by atoms with Gasteiger partial charge in [0, 0.05) is 6.07 Å². The second-order valence-electron chi connectivity index (χ2n) is 5.22. The third kappa shape index (κ3) is 3.05. The van der Waals surface area contributed by atoms with Crippen LogP contribution in [0.25, 0.3) is 22.1 Å². The summed E-state index contributed by atoms with van der Waals surface area (Å²) in [4.78, 5) is 12.7. The highest BCUT2D eigenvalue weighted by Gasteiger charge is 2.39. The summed E-state index contributed by atoms with van der Waals surface area (Å²) in [6, 6.07) is 9.85. The molecule has 0 N–H and O–H groups in total. The first-order valence-electron chi connectivity index (χ1n) is 7.21. The molecule has 1 heterocycles. The molecule has 0 fully saturated rings. The Hall–Kier alpha value is -2.96. The molecule has 3 aromatic rings. The normalized spacial score (nSPS) is 11.6. The number of fused-ring (bicyclic) bond motifs is 1. The first kappa shape index (κ1) is 16.9. The van der Waals surface area contributed by atoms with E-state index in [4.69, 9.17) is 13.9 Å². The number of ether oxygens (including phenoxy) is 2. The van der Waals surface area contributed by atoms with Crippen LogP contribution in [0, 0.1) is 0 Å². The lowest BCUT2D eigenvalue weighted by atomic mass is 10.0. The monoisotopic (exact) mass is 350 g/mol. The van der Waals surface area contributed by atoms with Crippen molar-refractivity contribution in [1.82, 2.24) is 0 Å². The van der Waals surface area contributed by atoms with E-state index < -0.39 is 22.9 Å². The zero-order valence-corrected chi connectivity index (χ0v) is 13.3. The fourth-order valence-electron chi connectivity index (χ4n) is 2.52. The van der Waals surface area contributed by atoms with Crippen molar-refractivity contribution in [2.45, 2.75) is 6.18 Å². The van der Waals surface area contributed by atoms with Gasteiger partial charge in [0.05, 0.1) is 25.2 Å². The largest absolute Gasteiger partial charge is 0.497 e. The van der Waals surface area contributed by atoms with Crippen molar-refractivity contribution in [2.75, 3.05) is 14.2 Å². The Morgan fingerprint density at radius 1 is 0.920 bits per heavy atom. The van der Waals surface area contributed by atoms with Gasteiger partial charge in [-0.3, -0.25) is 4.79 Å². The Balaban J connectivity index is 2.35. The number of halogens is 3. The molecule has 3 rings (SSSR count). The molecule has 0 unspecified atom stereocenters. The maximum Gasteiger partial charge on any atom is 0.450 e. The molecular formula is C18H13F3O4. The first-order chi connectivity index (χ1) is 11.8. The molecule has 0 amide bonds. The van der Waals surface area contributed by atoms with Crippen molar-refractivity contribution in [3.05, 3.63) is 58.4 Å². The fraction of sp³-hybridized carbons (Fsp3) is 0.167. The standard InChI is InChI=1S/C18H13F3O4/c1-23-11-5-3-10(4-6-11)15-16(22)13-8-7-12(24-2)9-14(13)25-17(15)18(19,20)21/h3-9H,1-2H3. The molecule has 0 aliphatic heterocycles. The lowest BCUT2D eigenvalue weighted by Crippen LogP contribution is -2.16. The van der Waals surface area contributed by atoms with Gasteiger partial charge in [0.25, 0.3) is 0 Å². The molecule has 7 heteroatoms. The molecule has 0 aliphatic carbocycles. The lowest BCUT2D eigenvalue weighted by molar-refractivity contribution is -0.152. The van der Waals surface area contributed by atoms with Crippen LogP contribution >= 0.6 is 0 Å². The van der Waals surface area contributed by atoms with E-state index in [1.54, 1.807) is 0 Å². The number of rotatable bonds is 3. The molecule has 0 aliphatic rings. The summed E-state index contributed by atoms with van der Waals surface area (Å²) in [6.45, 7) is 0. The Bertz CT molecular complexity index is 973. The Labute approximate surface area is 140 Å². The van der Waals surface area contributed by atoms with Crippen LogP contribution in [-0.2, 0) is 6.18 Å². The fourth-order valence-corrected chi connectivity index (χ4v) is 2.52. The highest BCUT2D eigenvalue weighted by Crippen LogP contribution is 2.38. The molecule has 0 saturated carbocycles. The van der Waals surface area contributed by atoms with E-state index in [-0.39, 0.29) is 16.5 Å². The third-order valence-electron chi connectivity index (χ3n) is 3.74. The van der Waals surface area contributed by atoms with Gasteiger partial charge < -0.3 is 13.9 Å². The van der Waals surface area contributed by atoms with Gasteiger partial charge in [-0.2, -0.15) is 13.2 Å². The van der Waals surface area contributed by atoms with Gasteiger partial charge in [-0.25, -0.2) is 0 Å². The summed E-state index contributed by atoms with van der Waals surface area (Å²) in [6.07, 6.45) is -4.83. The molecule has 2 aromatic carbocycles.